The molecule has 2 amide bonds. The number of nitrogens with zero attached hydrogens (tertiary/aromatic N) is 2. The van der Waals surface area contributed by atoms with Crippen molar-refractivity contribution in [3.8, 4) is 0 Å². The summed E-state index contributed by atoms with van der Waals surface area (Å²) in [7, 11) is -4.09. The van der Waals surface area contributed by atoms with Gasteiger partial charge in [0.15, 0.2) is 0 Å². The molecule has 3 aromatic rings. The maximum atomic E-state index is 14.1. The summed E-state index contributed by atoms with van der Waals surface area (Å²) >= 11 is 3.40. The SMILES string of the molecule is CCC(C(=O)NC1CCCC1)N(Cc1ccccc1)C(=O)CN(c1ccc(Br)cc1)S(=O)(=O)c1ccc(C)cc1. The predicted octanol–water partition coefficient (Wildman–Crippen LogP) is 5.82. The smallest absolute Gasteiger partial charge is 0.264 e. The zero-order valence-corrected chi connectivity index (χ0v) is 25.3. The quantitative estimate of drug-likeness (QED) is 0.291. The summed E-state index contributed by atoms with van der Waals surface area (Å²) in [6.45, 7) is 3.50. The number of sulfonamides is 1. The monoisotopic (exact) mass is 625 g/mol. The molecule has 212 valence electrons. The summed E-state index contributed by atoms with van der Waals surface area (Å²) < 4.78 is 29.7. The van der Waals surface area contributed by atoms with Crippen molar-refractivity contribution in [1.29, 1.82) is 0 Å². The number of carbonyl (C=O) groups is 2. The second-order valence-electron chi connectivity index (χ2n) is 10.2. The van der Waals surface area contributed by atoms with Crippen molar-refractivity contribution in [2.45, 2.75) is 69.5 Å². The molecule has 9 heteroatoms. The van der Waals surface area contributed by atoms with Gasteiger partial charge in [-0.3, -0.25) is 13.9 Å². The van der Waals surface area contributed by atoms with Crippen LogP contribution >= 0.6 is 15.9 Å². The molecule has 0 heterocycles. The molecule has 1 saturated carbocycles. The molecule has 3 aromatic carbocycles. The largest absolute Gasteiger partial charge is 0.352 e. The van der Waals surface area contributed by atoms with Crippen LogP contribution in [0.4, 0.5) is 5.69 Å². The fourth-order valence-corrected chi connectivity index (χ4v) is 6.72. The lowest BCUT2D eigenvalue weighted by Crippen LogP contribution is -2.53. The minimum atomic E-state index is -4.09. The highest BCUT2D eigenvalue weighted by molar-refractivity contribution is 9.10. The first-order valence-electron chi connectivity index (χ1n) is 13.7. The van der Waals surface area contributed by atoms with Gasteiger partial charge in [0, 0.05) is 17.1 Å². The molecule has 0 saturated heterocycles. The average Bonchev–Trinajstić information content (AvgIpc) is 3.46. The molecule has 1 unspecified atom stereocenters. The molecule has 1 N–H and O–H groups in total. The number of benzene rings is 3. The third kappa shape index (κ3) is 7.31. The molecule has 0 bridgehead atoms. The van der Waals surface area contributed by atoms with Gasteiger partial charge in [-0.1, -0.05) is 83.7 Å². The Morgan fingerprint density at radius 2 is 1.57 bits per heavy atom. The molecule has 0 radical (unpaired) electrons. The van der Waals surface area contributed by atoms with E-state index in [0.717, 1.165) is 45.6 Å². The highest BCUT2D eigenvalue weighted by Crippen LogP contribution is 2.27. The van der Waals surface area contributed by atoms with Gasteiger partial charge in [-0.15, -0.1) is 0 Å². The van der Waals surface area contributed by atoms with Gasteiger partial charge in [-0.05, 0) is 68.1 Å². The van der Waals surface area contributed by atoms with Gasteiger partial charge >= 0.3 is 0 Å². The van der Waals surface area contributed by atoms with E-state index in [2.05, 4.69) is 21.2 Å². The fraction of sp³-hybridized carbons (Fsp3) is 0.355. The standard InChI is InChI=1S/C31H36BrN3O4S/c1-3-29(31(37)33-26-11-7-8-12-26)34(21-24-9-5-4-6-10-24)30(36)22-35(27-17-15-25(32)16-18-27)40(38,39)28-19-13-23(2)14-20-28/h4-6,9-10,13-20,26,29H,3,7-8,11-12,21-22H2,1-2H3,(H,33,37). The summed E-state index contributed by atoms with van der Waals surface area (Å²) in [6.07, 6.45) is 4.42. The van der Waals surface area contributed by atoms with Crippen LogP contribution in [0, 0.1) is 6.92 Å². The van der Waals surface area contributed by atoms with E-state index in [0.29, 0.717) is 12.1 Å². The predicted molar refractivity (Wildman–Crippen MR) is 161 cm³/mol. The lowest BCUT2D eigenvalue weighted by atomic mass is 10.1. The highest BCUT2D eigenvalue weighted by Gasteiger charge is 2.34. The van der Waals surface area contributed by atoms with Crippen molar-refractivity contribution in [2.24, 2.45) is 0 Å². The molecule has 0 spiro atoms. The Kier molecular flexibility index (Phi) is 10.0. The van der Waals surface area contributed by atoms with Crippen molar-refractivity contribution >= 4 is 43.5 Å². The Hall–Kier alpha value is -3.17. The van der Waals surface area contributed by atoms with Crippen LogP contribution in [0.1, 0.15) is 50.2 Å². The Labute approximate surface area is 245 Å². The normalized spacial score (nSPS) is 14.5. The molecule has 0 aliphatic heterocycles. The van der Waals surface area contributed by atoms with E-state index in [9.17, 15) is 18.0 Å². The van der Waals surface area contributed by atoms with Crippen LogP contribution < -0.4 is 9.62 Å². The van der Waals surface area contributed by atoms with E-state index in [4.69, 9.17) is 0 Å². The number of hydrogen-bond acceptors (Lipinski definition) is 4. The third-order valence-electron chi connectivity index (χ3n) is 7.29. The van der Waals surface area contributed by atoms with E-state index in [-0.39, 0.29) is 23.4 Å². The van der Waals surface area contributed by atoms with Gasteiger partial charge < -0.3 is 10.2 Å². The zero-order chi connectivity index (χ0) is 28.7. The molecule has 7 nitrogen and oxygen atoms in total. The van der Waals surface area contributed by atoms with Crippen molar-refractivity contribution in [2.75, 3.05) is 10.8 Å². The van der Waals surface area contributed by atoms with Crippen molar-refractivity contribution in [3.63, 3.8) is 0 Å². The molecule has 1 aliphatic carbocycles. The van der Waals surface area contributed by atoms with Crippen LogP contribution in [0.5, 0.6) is 0 Å². The second kappa shape index (κ2) is 13.5. The van der Waals surface area contributed by atoms with Crippen LogP contribution in [0.25, 0.3) is 0 Å². The Balaban J connectivity index is 1.69. The number of hydrogen-bond donors (Lipinski definition) is 1. The molecular weight excluding hydrogens is 590 g/mol. The van der Waals surface area contributed by atoms with Crippen molar-refractivity contribution in [1.82, 2.24) is 10.2 Å². The van der Waals surface area contributed by atoms with Gasteiger partial charge in [-0.25, -0.2) is 8.42 Å². The highest BCUT2D eigenvalue weighted by atomic mass is 79.9. The number of anilines is 1. The summed E-state index contributed by atoms with van der Waals surface area (Å²) in [5.74, 6) is -0.647. The summed E-state index contributed by atoms with van der Waals surface area (Å²) in [5, 5.41) is 3.13. The number of rotatable bonds is 11. The zero-order valence-electron chi connectivity index (χ0n) is 22.9. The second-order valence-corrected chi connectivity index (χ2v) is 13.0. The third-order valence-corrected chi connectivity index (χ3v) is 9.60. The van der Waals surface area contributed by atoms with Gasteiger partial charge in [-0.2, -0.15) is 0 Å². The van der Waals surface area contributed by atoms with Crippen LogP contribution in [0.3, 0.4) is 0 Å². The lowest BCUT2D eigenvalue weighted by molar-refractivity contribution is -0.140. The minimum Gasteiger partial charge on any atom is -0.352 e. The number of nitrogens with one attached hydrogen (secondary N) is 1. The van der Waals surface area contributed by atoms with Gasteiger partial charge in [0.2, 0.25) is 11.8 Å². The summed E-state index contributed by atoms with van der Waals surface area (Å²) in [4.78, 5) is 29.2. The van der Waals surface area contributed by atoms with Crippen LogP contribution in [-0.2, 0) is 26.2 Å². The molecule has 1 fully saturated rings. The number of aryl methyl sites for hydroxylation is 1. The molecule has 1 atom stereocenters. The maximum absolute atomic E-state index is 14.1. The van der Waals surface area contributed by atoms with Crippen molar-refractivity contribution in [3.05, 3.63) is 94.5 Å². The summed E-state index contributed by atoms with van der Waals surface area (Å²) in [6, 6.07) is 22.2. The molecule has 40 heavy (non-hydrogen) atoms. The topological polar surface area (TPSA) is 86.8 Å². The van der Waals surface area contributed by atoms with E-state index in [1.54, 1.807) is 48.5 Å². The van der Waals surface area contributed by atoms with E-state index in [1.807, 2.05) is 44.2 Å². The maximum Gasteiger partial charge on any atom is 0.264 e. The minimum absolute atomic E-state index is 0.0921. The van der Waals surface area contributed by atoms with Gasteiger partial charge in [0.1, 0.15) is 12.6 Å². The van der Waals surface area contributed by atoms with Crippen molar-refractivity contribution < 1.29 is 18.0 Å². The molecule has 4 rings (SSSR count). The van der Waals surface area contributed by atoms with E-state index in [1.165, 1.54) is 4.90 Å². The Morgan fingerprint density at radius 1 is 0.950 bits per heavy atom. The first-order chi connectivity index (χ1) is 19.2. The first-order valence-corrected chi connectivity index (χ1v) is 15.9. The van der Waals surface area contributed by atoms with Crippen LogP contribution in [0.2, 0.25) is 0 Å². The number of halogens is 1. The van der Waals surface area contributed by atoms with Crippen LogP contribution in [0.15, 0.2) is 88.2 Å². The van der Waals surface area contributed by atoms with E-state index >= 15 is 0 Å². The molecular formula is C31H36BrN3O4S. The van der Waals surface area contributed by atoms with Gasteiger partial charge in [0.05, 0.1) is 10.6 Å². The van der Waals surface area contributed by atoms with Gasteiger partial charge in [0.25, 0.3) is 10.0 Å². The Morgan fingerprint density at radius 3 is 2.17 bits per heavy atom. The lowest BCUT2D eigenvalue weighted by Gasteiger charge is -2.33. The van der Waals surface area contributed by atoms with Crippen LogP contribution in [-0.4, -0.2) is 43.8 Å². The Bertz CT molecular complexity index is 1390. The van der Waals surface area contributed by atoms with E-state index < -0.39 is 28.5 Å². The number of amides is 2. The molecule has 1 aliphatic rings. The fourth-order valence-electron chi connectivity index (χ4n) is 5.04. The molecule has 0 aromatic heterocycles. The number of carbonyl (C=O) groups excluding carboxylic acids is 2. The summed E-state index contributed by atoms with van der Waals surface area (Å²) in [5.41, 5.74) is 2.15. The average molecular weight is 627 g/mol. The first kappa shape index (κ1) is 29.8.